The van der Waals surface area contributed by atoms with Gasteiger partial charge in [0.05, 0.1) is 12.7 Å². The van der Waals surface area contributed by atoms with Crippen molar-refractivity contribution in [2.24, 2.45) is 0 Å². The summed E-state index contributed by atoms with van der Waals surface area (Å²) >= 11 is 0. The normalized spacial score (nSPS) is 35.7. The SMILES string of the molecule is CBC1CC(O)C(COP=O)O1. The quantitative estimate of drug-likeness (QED) is 0.507. The molecule has 1 aliphatic rings. The van der Waals surface area contributed by atoms with Crippen LogP contribution < -0.4 is 0 Å². The summed E-state index contributed by atoms with van der Waals surface area (Å²) < 4.78 is 20.0. The van der Waals surface area contributed by atoms with E-state index < -0.39 is 6.10 Å². The minimum atomic E-state index is -0.475. The molecule has 1 N–H and O–H groups in total. The molecule has 1 fully saturated rings. The van der Waals surface area contributed by atoms with Gasteiger partial charge in [-0.1, -0.05) is 6.82 Å². The molecule has 6 heteroatoms. The van der Waals surface area contributed by atoms with Crippen molar-refractivity contribution in [2.45, 2.75) is 31.5 Å². The summed E-state index contributed by atoms with van der Waals surface area (Å²) in [5, 5.41) is 9.41. The van der Waals surface area contributed by atoms with Crippen molar-refractivity contribution in [3.05, 3.63) is 0 Å². The maximum Gasteiger partial charge on any atom is 0.327 e. The van der Waals surface area contributed by atoms with Crippen molar-refractivity contribution < 1.29 is 18.9 Å². The molecular formula is C6H12BO4P. The van der Waals surface area contributed by atoms with Gasteiger partial charge in [0.15, 0.2) is 7.28 Å². The highest BCUT2D eigenvalue weighted by Crippen LogP contribution is 2.20. The van der Waals surface area contributed by atoms with Crippen molar-refractivity contribution in [3.63, 3.8) is 0 Å². The predicted molar refractivity (Wildman–Crippen MR) is 45.9 cm³/mol. The van der Waals surface area contributed by atoms with Gasteiger partial charge in [0, 0.05) is 6.00 Å². The van der Waals surface area contributed by atoms with Crippen LogP contribution in [0.5, 0.6) is 0 Å². The third-order valence-corrected chi connectivity index (χ3v) is 2.30. The summed E-state index contributed by atoms with van der Waals surface area (Å²) in [5.41, 5.74) is 0. The summed E-state index contributed by atoms with van der Waals surface area (Å²) in [7, 11) is 0.534. The molecule has 1 saturated heterocycles. The molecule has 0 aliphatic carbocycles. The first-order valence-corrected chi connectivity index (χ1v) is 4.79. The molecule has 3 unspecified atom stereocenters. The number of hydrogen-bond acceptors (Lipinski definition) is 4. The highest BCUT2D eigenvalue weighted by Gasteiger charge is 2.32. The Hall–Kier alpha value is 0.0449. The van der Waals surface area contributed by atoms with Gasteiger partial charge in [-0.2, -0.15) is 0 Å². The second-order valence-corrected chi connectivity index (χ2v) is 3.29. The Morgan fingerprint density at radius 3 is 3.08 bits per heavy atom. The Balaban J connectivity index is 2.30. The lowest BCUT2D eigenvalue weighted by Crippen LogP contribution is -2.25. The van der Waals surface area contributed by atoms with E-state index in [4.69, 9.17) is 4.74 Å². The monoisotopic (exact) mass is 190 g/mol. The largest absolute Gasteiger partial charge is 0.390 e. The minimum Gasteiger partial charge on any atom is -0.390 e. The van der Waals surface area contributed by atoms with E-state index in [0.29, 0.717) is 6.42 Å². The first kappa shape index (κ1) is 10.1. The van der Waals surface area contributed by atoms with Crippen LogP contribution in [-0.2, 0) is 13.8 Å². The van der Waals surface area contributed by atoms with Crippen LogP contribution in [0, 0.1) is 0 Å². The fourth-order valence-electron chi connectivity index (χ4n) is 1.33. The van der Waals surface area contributed by atoms with E-state index in [1.807, 2.05) is 6.82 Å². The van der Waals surface area contributed by atoms with Gasteiger partial charge in [-0.3, -0.25) is 4.52 Å². The van der Waals surface area contributed by atoms with Crippen LogP contribution in [0.15, 0.2) is 0 Å². The zero-order chi connectivity index (χ0) is 8.97. The summed E-state index contributed by atoms with van der Waals surface area (Å²) in [6, 6.07) is 0.122. The average Bonchev–Trinajstić information content (AvgIpc) is 2.43. The zero-order valence-electron chi connectivity index (χ0n) is 6.97. The summed E-state index contributed by atoms with van der Waals surface area (Å²) in [6.45, 7) is 2.20. The van der Waals surface area contributed by atoms with Gasteiger partial charge in [-0.25, -0.2) is 4.57 Å². The second-order valence-electron chi connectivity index (χ2n) is 2.88. The maximum absolute atomic E-state index is 9.96. The molecule has 0 radical (unpaired) electrons. The molecule has 3 atom stereocenters. The Labute approximate surface area is 73.8 Å². The van der Waals surface area contributed by atoms with Crippen molar-refractivity contribution in [3.8, 4) is 0 Å². The number of aliphatic hydroxyl groups excluding tert-OH is 1. The highest BCUT2D eigenvalue weighted by molar-refractivity contribution is 7.17. The fourth-order valence-corrected chi connectivity index (χ4v) is 1.54. The Bertz CT molecular complexity index is 156. The summed E-state index contributed by atoms with van der Waals surface area (Å²) in [5.74, 6) is 0. The van der Waals surface area contributed by atoms with Crippen molar-refractivity contribution in [1.29, 1.82) is 0 Å². The van der Waals surface area contributed by atoms with Gasteiger partial charge >= 0.3 is 8.69 Å². The van der Waals surface area contributed by atoms with Gasteiger partial charge in [-0.15, -0.1) is 0 Å². The van der Waals surface area contributed by atoms with Crippen LogP contribution >= 0.6 is 8.69 Å². The van der Waals surface area contributed by atoms with E-state index in [-0.39, 0.29) is 27.4 Å². The van der Waals surface area contributed by atoms with Gasteiger partial charge in [0.2, 0.25) is 0 Å². The van der Waals surface area contributed by atoms with Crippen LogP contribution in [0.1, 0.15) is 6.42 Å². The number of hydrogen-bond donors (Lipinski definition) is 1. The Kier molecular flexibility index (Phi) is 4.16. The molecule has 0 amide bonds. The topological polar surface area (TPSA) is 55.8 Å². The van der Waals surface area contributed by atoms with E-state index in [1.165, 1.54) is 0 Å². The minimum absolute atomic E-state index is 0.122. The molecule has 0 spiro atoms. The maximum atomic E-state index is 9.96. The molecule has 4 nitrogen and oxygen atoms in total. The Morgan fingerprint density at radius 1 is 1.83 bits per heavy atom. The molecule has 12 heavy (non-hydrogen) atoms. The fraction of sp³-hybridized carbons (Fsp3) is 1.00. The van der Waals surface area contributed by atoms with Gasteiger partial charge in [0.1, 0.15) is 6.10 Å². The number of aliphatic hydroxyl groups is 1. The number of rotatable bonds is 4. The highest BCUT2D eigenvalue weighted by atomic mass is 31.1. The van der Waals surface area contributed by atoms with Crippen LogP contribution in [0.4, 0.5) is 0 Å². The van der Waals surface area contributed by atoms with E-state index in [1.54, 1.807) is 0 Å². The smallest absolute Gasteiger partial charge is 0.327 e. The second kappa shape index (κ2) is 4.92. The third kappa shape index (κ3) is 2.52. The lowest BCUT2D eigenvalue weighted by molar-refractivity contribution is 0.00477. The van der Waals surface area contributed by atoms with E-state index in [2.05, 4.69) is 4.52 Å². The molecule has 0 bridgehead atoms. The molecule has 68 valence electrons. The van der Waals surface area contributed by atoms with Crippen LogP contribution in [-0.4, -0.2) is 37.2 Å². The molecule has 0 aromatic carbocycles. The summed E-state index contributed by atoms with van der Waals surface area (Å²) in [4.78, 5) is 0. The molecule has 0 aromatic heterocycles. The lowest BCUT2D eigenvalue weighted by Gasteiger charge is -2.11. The zero-order valence-corrected chi connectivity index (χ0v) is 7.87. The van der Waals surface area contributed by atoms with E-state index >= 15 is 0 Å². The lowest BCUT2D eigenvalue weighted by atomic mass is 9.73. The van der Waals surface area contributed by atoms with Gasteiger partial charge < -0.3 is 9.84 Å². The van der Waals surface area contributed by atoms with Crippen molar-refractivity contribution >= 4 is 16.0 Å². The first-order chi connectivity index (χ1) is 5.77. The van der Waals surface area contributed by atoms with Crippen LogP contribution in [0.2, 0.25) is 6.82 Å². The molecule has 0 saturated carbocycles. The molecular weight excluding hydrogens is 178 g/mol. The standard InChI is InChI=1S/C6H12BO4P/c1-7-6-2-4(8)5(11-6)3-10-12-9/h4-8H,2-3H2,1H3. The van der Waals surface area contributed by atoms with Gasteiger partial charge in [0.25, 0.3) is 0 Å². The first-order valence-electron chi connectivity index (χ1n) is 4.06. The van der Waals surface area contributed by atoms with Crippen LogP contribution in [0.3, 0.4) is 0 Å². The van der Waals surface area contributed by atoms with E-state index in [0.717, 1.165) is 7.28 Å². The molecule has 0 aromatic rings. The third-order valence-electron chi connectivity index (χ3n) is 2.05. The summed E-state index contributed by atoms with van der Waals surface area (Å²) in [6.07, 6.45) is -0.131. The number of ether oxygens (including phenoxy) is 1. The van der Waals surface area contributed by atoms with Crippen molar-refractivity contribution in [1.82, 2.24) is 0 Å². The predicted octanol–water partition coefficient (Wildman–Crippen LogP) is 0.170. The van der Waals surface area contributed by atoms with Crippen LogP contribution in [0.25, 0.3) is 0 Å². The van der Waals surface area contributed by atoms with E-state index in [9.17, 15) is 9.67 Å². The molecule has 1 aliphatic heterocycles. The van der Waals surface area contributed by atoms with Crippen molar-refractivity contribution in [2.75, 3.05) is 6.61 Å². The average molecular weight is 190 g/mol. The molecule has 1 heterocycles. The molecule has 1 rings (SSSR count). The Morgan fingerprint density at radius 2 is 2.58 bits per heavy atom. The van der Waals surface area contributed by atoms with Gasteiger partial charge in [-0.05, 0) is 6.42 Å².